The summed E-state index contributed by atoms with van der Waals surface area (Å²) in [7, 11) is 0. The van der Waals surface area contributed by atoms with E-state index in [1.54, 1.807) is 12.4 Å². The van der Waals surface area contributed by atoms with Crippen LogP contribution in [0.2, 0.25) is 0 Å². The van der Waals surface area contributed by atoms with Crippen LogP contribution in [-0.4, -0.2) is 40.2 Å². The Hall–Kier alpha value is -1.82. The van der Waals surface area contributed by atoms with Crippen LogP contribution >= 0.6 is 0 Å². The fourth-order valence-electron chi connectivity index (χ4n) is 2.90. The molecule has 23 heavy (non-hydrogen) atoms. The smallest absolute Gasteiger partial charge is 0.309 e. The SMILES string of the molecule is Cc1c[nH]cc1C(=O)NC[C@H]1CC(C(=O)OC(C)(C)C)C[C@H]1O. The van der Waals surface area contributed by atoms with Crippen LogP contribution < -0.4 is 5.32 Å². The predicted octanol–water partition coefficient (Wildman–Crippen LogP) is 1.78. The van der Waals surface area contributed by atoms with Gasteiger partial charge in [0.1, 0.15) is 5.60 Å². The molecule has 2 rings (SSSR count). The summed E-state index contributed by atoms with van der Waals surface area (Å²) in [5.74, 6) is -0.876. The van der Waals surface area contributed by atoms with Gasteiger partial charge in [0, 0.05) is 24.9 Å². The van der Waals surface area contributed by atoms with Gasteiger partial charge in [-0.2, -0.15) is 0 Å². The van der Waals surface area contributed by atoms with Crippen molar-refractivity contribution in [2.75, 3.05) is 6.54 Å². The average molecular weight is 322 g/mol. The number of carbonyl (C=O) groups is 2. The topological polar surface area (TPSA) is 91.4 Å². The summed E-state index contributed by atoms with van der Waals surface area (Å²) in [5.41, 5.74) is 0.947. The molecule has 6 nitrogen and oxygen atoms in total. The van der Waals surface area contributed by atoms with Crippen LogP contribution in [0, 0.1) is 18.8 Å². The molecule has 0 bridgehead atoms. The van der Waals surface area contributed by atoms with E-state index in [-0.39, 0.29) is 23.7 Å². The molecule has 6 heteroatoms. The van der Waals surface area contributed by atoms with Crippen LogP contribution in [0.4, 0.5) is 0 Å². The van der Waals surface area contributed by atoms with Gasteiger partial charge in [-0.3, -0.25) is 9.59 Å². The van der Waals surface area contributed by atoms with Crippen LogP contribution in [0.3, 0.4) is 0 Å². The molecule has 1 aromatic heterocycles. The number of hydrogen-bond acceptors (Lipinski definition) is 4. The number of ether oxygens (including phenoxy) is 1. The van der Waals surface area contributed by atoms with Crippen molar-refractivity contribution in [3.8, 4) is 0 Å². The van der Waals surface area contributed by atoms with E-state index in [4.69, 9.17) is 4.74 Å². The lowest BCUT2D eigenvalue weighted by Crippen LogP contribution is -2.32. The van der Waals surface area contributed by atoms with E-state index in [1.165, 1.54) is 0 Å². The summed E-state index contributed by atoms with van der Waals surface area (Å²) >= 11 is 0. The van der Waals surface area contributed by atoms with Crippen LogP contribution in [-0.2, 0) is 9.53 Å². The fraction of sp³-hybridized carbons (Fsp3) is 0.647. The summed E-state index contributed by atoms with van der Waals surface area (Å²) in [6, 6.07) is 0. The molecule has 0 aliphatic heterocycles. The van der Waals surface area contributed by atoms with Gasteiger partial charge in [0.15, 0.2) is 0 Å². The first-order valence-electron chi connectivity index (χ1n) is 8.00. The molecular weight excluding hydrogens is 296 g/mol. The largest absolute Gasteiger partial charge is 0.460 e. The summed E-state index contributed by atoms with van der Waals surface area (Å²) in [6.07, 6.45) is 3.73. The molecule has 0 radical (unpaired) electrons. The zero-order valence-electron chi connectivity index (χ0n) is 14.2. The molecular formula is C17H26N2O4. The molecule has 1 aromatic rings. The van der Waals surface area contributed by atoms with Crippen LogP contribution in [0.15, 0.2) is 12.4 Å². The minimum Gasteiger partial charge on any atom is -0.460 e. The molecule has 1 fully saturated rings. The third-order valence-corrected chi connectivity index (χ3v) is 4.12. The first-order chi connectivity index (χ1) is 10.7. The highest BCUT2D eigenvalue weighted by molar-refractivity contribution is 5.95. The minimum absolute atomic E-state index is 0.129. The van der Waals surface area contributed by atoms with E-state index >= 15 is 0 Å². The first kappa shape index (κ1) is 17.5. The van der Waals surface area contributed by atoms with Gasteiger partial charge in [0.2, 0.25) is 0 Å². The molecule has 0 spiro atoms. The third-order valence-electron chi connectivity index (χ3n) is 4.12. The highest BCUT2D eigenvalue weighted by Crippen LogP contribution is 2.32. The van der Waals surface area contributed by atoms with Crippen molar-refractivity contribution in [2.24, 2.45) is 11.8 Å². The number of aliphatic hydroxyl groups is 1. The Morgan fingerprint density at radius 3 is 2.61 bits per heavy atom. The molecule has 1 aliphatic rings. The maximum atomic E-state index is 12.1. The standard InChI is InChI=1S/C17H26N2O4/c1-10-7-18-9-13(10)15(21)19-8-12-5-11(6-14(12)20)16(22)23-17(2,3)4/h7,9,11-12,14,18,20H,5-6,8H2,1-4H3,(H,19,21)/t11?,12-,14-/m1/s1. The average Bonchev–Trinajstić information content (AvgIpc) is 3.00. The number of aromatic amines is 1. The van der Waals surface area contributed by atoms with Crippen molar-refractivity contribution in [2.45, 2.75) is 52.2 Å². The van der Waals surface area contributed by atoms with Crippen molar-refractivity contribution >= 4 is 11.9 Å². The van der Waals surface area contributed by atoms with Gasteiger partial charge in [-0.25, -0.2) is 0 Å². The Bertz CT molecular complexity index is 573. The normalized spacial score (nSPS) is 24.5. The summed E-state index contributed by atoms with van der Waals surface area (Å²) in [4.78, 5) is 27.1. The highest BCUT2D eigenvalue weighted by Gasteiger charge is 2.39. The van der Waals surface area contributed by atoms with Crippen molar-refractivity contribution in [1.82, 2.24) is 10.3 Å². The third kappa shape index (κ3) is 4.58. The fourth-order valence-corrected chi connectivity index (χ4v) is 2.90. The number of aryl methyl sites for hydroxylation is 1. The van der Waals surface area contributed by atoms with Crippen molar-refractivity contribution in [3.63, 3.8) is 0 Å². The van der Waals surface area contributed by atoms with Gasteiger partial charge in [-0.05, 0) is 46.1 Å². The highest BCUT2D eigenvalue weighted by atomic mass is 16.6. The number of hydrogen-bond donors (Lipinski definition) is 3. The lowest BCUT2D eigenvalue weighted by Gasteiger charge is -2.22. The van der Waals surface area contributed by atoms with Gasteiger partial charge < -0.3 is 20.1 Å². The maximum Gasteiger partial charge on any atom is 0.309 e. The van der Waals surface area contributed by atoms with E-state index in [9.17, 15) is 14.7 Å². The van der Waals surface area contributed by atoms with Crippen molar-refractivity contribution < 1.29 is 19.4 Å². The van der Waals surface area contributed by atoms with Gasteiger partial charge >= 0.3 is 5.97 Å². The second-order valence-electron chi connectivity index (χ2n) is 7.29. The molecule has 1 aliphatic carbocycles. The Balaban J connectivity index is 1.86. The number of aromatic nitrogens is 1. The zero-order valence-corrected chi connectivity index (χ0v) is 14.2. The van der Waals surface area contributed by atoms with E-state index in [0.717, 1.165) is 5.56 Å². The number of rotatable bonds is 4. The lowest BCUT2D eigenvalue weighted by molar-refractivity contribution is -0.160. The molecule has 3 N–H and O–H groups in total. The first-order valence-corrected chi connectivity index (χ1v) is 8.00. The monoisotopic (exact) mass is 322 g/mol. The van der Waals surface area contributed by atoms with E-state index in [0.29, 0.717) is 24.9 Å². The summed E-state index contributed by atoms with van der Waals surface area (Å²) in [6.45, 7) is 7.69. The maximum absolute atomic E-state index is 12.1. The molecule has 1 heterocycles. The molecule has 1 amide bonds. The van der Waals surface area contributed by atoms with Crippen molar-refractivity contribution in [3.05, 3.63) is 23.5 Å². The van der Waals surface area contributed by atoms with Crippen LogP contribution in [0.25, 0.3) is 0 Å². The van der Waals surface area contributed by atoms with E-state index in [2.05, 4.69) is 10.3 Å². The molecule has 1 unspecified atom stereocenters. The summed E-state index contributed by atoms with van der Waals surface area (Å²) in [5, 5.41) is 13.0. The number of esters is 1. The van der Waals surface area contributed by atoms with Gasteiger partial charge in [0.05, 0.1) is 17.6 Å². The second kappa shape index (κ2) is 6.74. The molecule has 3 atom stereocenters. The predicted molar refractivity (Wildman–Crippen MR) is 85.9 cm³/mol. The lowest BCUT2D eigenvalue weighted by atomic mass is 10.0. The van der Waals surface area contributed by atoms with E-state index in [1.807, 2.05) is 27.7 Å². The molecule has 0 saturated heterocycles. The number of nitrogens with one attached hydrogen (secondary N) is 2. The van der Waals surface area contributed by atoms with Gasteiger partial charge in [-0.15, -0.1) is 0 Å². The van der Waals surface area contributed by atoms with Gasteiger partial charge in [-0.1, -0.05) is 0 Å². The Morgan fingerprint density at radius 1 is 1.35 bits per heavy atom. The number of amides is 1. The van der Waals surface area contributed by atoms with Crippen LogP contribution in [0.5, 0.6) is 0 Å². The molecule has 1 saturated carbocycles. The molecule has 128 valence electrons. The number of H-pyrrole nitrogens is 1. The second-order valence-corrected chi connectivity index (χ2v) is 7.29. The Labute approximate surface area is 136 Å². The molecule has 0 aromatic carbocycles. The van der Waals surface area contributed by atoms with E-state index < -0.39 is 11.7 Å². The summed E-state index contributed by atoms with van der Waals surface area (Å²) < 4.78 is 5.38. The Morgan fingerprint density at radius 2 is 2.04 bits per heavy atom. The minimum atomic E-state index is -0.597. The number of aliphatic hydroxyl groups excluding tert-OH is 1. The number of carbonyl (C=O) groups excluding carboxylic acids is 2. The zero-order chi connectivity index (χ0) is 17.2. The quantitative estimate of drug-likeness (QED) is 0.737. The van der Waals surface area contributed by atoms with Gasteiger partial charge in [0.25, 0.3) is 5.91 Å². The Kier molecular flexibility index (Phi) is 5.14. The van der Waals surface area contributed by atoms with Crippen molar-refractivity contribution in [1.29, 1.82) is 0 Å². The van der Waals surface area contributed by atoms with Crippen LogP contribution in [0.1, 0.15) is 49.5 Å².